The Bertz CT molecular complexity index is 554. The Morgan fingerprint density at radius 2 is 2.00 bits per heavy atom. The quantitative estimate of drug-likeness (QED) is 0.838. The maximum atomic E-state index is 6.02. The first kappa shape index (κ1) is 10.1. The molecule has 0 atom stereocenters. The van der Waals surface area contributed by atoms with Gasteiger partial charge in [0, 0.05) is 12.1 Å². The van der Waals surface area contributed by atoms with Crippen LogP contribution in [0.25, 0.3) is 11.0 Å². The Morgan fingerprint density at radius 1 is 1.19 bits per heavy atom. The average molecular weight is 255 g/mol. The zero-order valence-corrected chi connectivity index (χ0v) is 9.76. The summed E-state index contributed by atoms with van der Waals surface area (Å²) in [4.78, 5) is 12.5. The van der Waals surface area contributed by atoms with E-state index in [2.05, 4.69) is 20.3 Å². The van der Waals surface area contributed by atoms with Gasteiger partial charge >= 0.3 is 0 Å². The summed E-state index contributed by atoms with van der Waals surface area (Å²) in [6.45, 7) is 0. The SMILES string of the molecule is Clc1cc2nc(NC3CC3)c(Cl)nc2cn1. The molecule has 0 unspecified atom stereocenters. The minimum absolute atomic E-state index is 0.378. The topological polar surface area (TPSA) is 50.7 Å². The van der Waals surface area contributed by atoms with Crippen molar-refractivity contribution in [2.45, 2.75) is 18.9 Å². The van der Waals surface area contributed by atoms with Crippen molar-refractivity contribution < 1.29 is 0 Å². The second kappa shape index (κ2) is 3.71. The fourth-order valence-electron chi connectivity index (χ4n) is 1.43. The summed E-state index contributed by atoms with van der Waals surface area (Å²) < 4.78 is 0. The predicted molar refractivity (Wildman–Crippen MR) is 64.0 cm³/mol. The predicted octanol–water partition coefficient (Wildman–Crippen LogP) is 2.91. The normalized spacial score (nSPS) is 15.4. The molecule has 16 heavy (non-hydrogen) atoms. The molecule has 2 heterocycles. The average Bonchev–Trinajstić information content (AvgIpc) is 3.04. The van der Waals surface area contributed by atoms with Crippen molar-refractivity contribution in [1.82, 2.24) is 15.0 Å². The van der Waals surface area contributed by atoms with Gasteiger partial charge < -0.3 is 5.32 Å². The zero-order valence-electron chi connectivity index (χ0n) is 8.24. The van der Waals surface area contributed by atoms with Crippen molar-refractivity contribution in [3.63, 3.8) is 0 Å². The molecule has 0 aliphatic heterocycles. The van der Waals surface area contributed by atoms with Gasteiger partial charge in [0.2, 0.25) is 0 Å². The lowest BCUT2D eigenvalue weighted by atomic mass is 10.4. The second-order valence-electron chi connectivity index (χ2n) is 3.78. The number of fused-ring (bicyclic) bond motifs is 1. The highest BCUT2D eigenvalue weighted by Crippen LogP contribution is 2.28. The monoisotopic (exact) mass is 254 g/mol. The van der Waals surface area contributed by atoms with E-state index in [1.54, 1.807) is 12.3 Å². The van der Waals surface area contributed by atoms with Crippen LogP contribution in [-0.2, 0) is 0 Å². The van der Waals surface area contributed by atoms with E-state index in [0.29, 0.717) is 33.2 Å². The molecule has 2 aromatic heterocycles. The number of hydrogen-bond donors (Lipinski definition) is 1. The lowest BCUT2D eigenvalue weighted by Crippen LogP contribution is -2.05. The first-order valence-corrected chi connectivity index (χ1v) is 5.73. The second-order valence-corrected chi connectivity index (χ2v) is 4.52. The molecule has 1 fully saturated rings. The summed E-state index contributed by atoms with van der Waals surface area (Å²) in [6, 6.07) is 2.17. The molecule has 0 spiro atoms. The molecular weight excluding hydrogens is 247 g/mol. The van der Waals surface area contributed by atoms with Crippen LogP contribution >= 0.6 is 23.2 Å². The van der Waals surface area contributed by atoms with Crippen LogP contribution in [0.5, 0.6) is 0 Å². The summed E-state index contributed by atoms with van der Waals surface area (Å²) in [5.41, 5.74) is 1.35. The van der Waals surface area contributed by atoms with Crippen LogP contribution in [0.2, 0.25) is 10.3 Å². The highest BCUT2D eigenvalue weighted by Gasteiger charge is 2.23. The van der Waals surface area contributed by atoms with Gasteiger partial charge in [0.25, 0.3) is 0 Å². The van der Waals surface area contributed by atoms with Gasteiger partial charge in [-0.2, -0.15) is 0 Å². The van der Waals surface area contributed by atoms with E-state index in [4.69, 9.17) is 23.2 Å². The number of halogens is 2. The molecule has 82 valence electrons. The van der Waals surface area contributed by atoms with Crippen LogP contribution in [-0.4, -0.2) is 21.0 Å². The van der Waals surface area contributed by atoms with Crippen LogP contribution in [0, 0.1) is 0 Å². The maximum absolute atomic E-state index is 6.02. The molecule has 2 aromatic rings. The number of aromatic nitrogens is 3. The summed E-state index contributed by atoms with van der Waals surface area (Å²) in [7, 11) is 0. The standard InChI is InChI=1S/C10H8Cl2N4/c11-8-3-6-7(4-13-8)15-9(12)10(16-6)14-5-1-2-5/h3-5H,1-2H2,(H,14,16). The summed E-state index contributed by atoms with van der Waals surface area (Å²) >= 11 is 11.8. The summed E-state index contributed by atoms with van der Waals surface area (Å²) in [5, 5.41) is 4.01. The van der Waals surface area contributed by atoms with Crippen molar-refractivity contribution in [3.05, 3.63) is 22.6 Å². The van der Waals surface area contributed by atoms with E-state index >= 15 is 0 Å². The maximum Gasteiger partial charge on any atom is 0.172 e. The number of anilines is 1. The van der Waals surface area contributed by atoms with Crippen LogP contribution in [0.1, 0.15) is 12.8 Å². The molecule has 4 nitrogen and oxygen atoms in total. The van der Waals surface area contributed by atoms with E-state index in [1.807, 2.05) is 0 Å². The van der Waals surface area contributed by atoms with Crippen molar-refractivity contribution in [2.24, 2.45) is 0 Å². The van der Waals surface area contributed by atoms with Crippen LogP contribution < -0.4 is 5.32 Å². The number of rotatable bonds is 2. The minimum atomic E-state index is 0.378. The van der Waals surface area contributed by atoms with Gasteiger partial charge in [0.15, 0.2) is 11.0 Å². The van der Waals surface area contributed by atoms with Gasteiger partial charge in [0.1, 0.15) is 10.7 Å². The first-order chi connectivity index (χ1) is 7.72. The number of hydrogen-bond acceptors (Lipinski definition) is 4. The largest absolute Gasteiger partial charge is 0.365 e. The van der Waals surface area contributed by atoms with E-state index < -0.39 is 0 Å². The molecule has 0 radical (unpaired) electrons. The Hall–Kier alpha value is -1.13. The molecule has 0 saturated heterocycles. The first-order valence-electron chi connectivity index (χ1n) is 4.98. The Morgan fingerprint density at radius 3 is 2.75 bits per heavy atom. The Labute approximate surface area is 102 Å². The molecule has 1 saturated carbocycles. The van der Waals surface area contributed by atoms with Gasteiger partial charge in [-0.1, -0.05) is 23.2 Å². The van der Waals surface area contributed by atoms with Gasteiger partial charge in [-0.05, 0) is 12.8 Å². The molecule has 1 aliphatic rings. The highest BCUT2D eigenvalue weighted by molar-refractivity contribution is 6.32. The smallest absolute Gasteiger partial charge is 0.172 e. The van der Waals surface area contributed by atoms with Crippen LogP contribution in [0.15, 0.2) is 12.3 Å². The molecule has 0 aromatic carbocycles. The third-order valence-electron chi connectivity index (χ3n) is 2.39. The Kier molecular flexibility index (Phi) is 2.33. The number of nitrogens with one attached hydrogen (secondary N) is 1. The molecule has 1 aliphatic carbocycles. The molecule has 1 N–H and O–H groups in total. The van der Waals surface area contributed by atoms with Gasteiger partial charge in [-0.15, -0.1) is 0 Å². The van der Waals surface area contributed by atoms with Gasteiger partial charge in [0.05, 0.1) is 11.7 Å². The third-order valence-corrected chi connectivity index (χ3v) is 2.86. The molecular formula is C10H8Cl2N4. The number of pyridine rings is 1. The van der Waals surface area contributed by atoms with Gasteiger partial charge in [-0.25, -0.2) is 15.0 Å². The Balaban J connectivity index is 2.10. The van der Waals surface area contributed by atoms with E-state index in [9.17, 15) is 0 Å². The molecule has 0 amide bonds. The van der Waals surface area contributed by atoms with E-state index in [1.165, 1.54) is 0 Å². The van der Waals surface area contributed by atoms with Crippen molar-refractivity contribution in [3.8, 4) is 0 Å². The lowest BCUT2D eigenvalue weighted by molar-refractivity contribution is 1.11. The van der Waals surface area contributed by atoms with Crippen LogP contribution in [0.3, 0.4) is 0 Å². The number of nitrogens with zero attached hydrogens (tertiary/aromatic N) is 3. The molecule has 3 rings (SSSR count). The van der Waals surface area contributed by atoms with E-state index in [-0.39, 0.29) is 0 Å². The van der Waals surface area contributed by atoms with Crippen LogP contribution in [0.4, 0.5) is 5.82 Å². The summed E-state index contributed by atoms with van der Waals surface area (Å²) in [6.07, 6.45) is 3.89. The van der Waals surface area contributed by atoms with Crippen molar-refractivity contribution in [1.29, 1.82) is 0 Å². The summed E-state index contributed by atoms with van der Waals surface area (Å²) in [5.74, 6) is 0.624. The minimum Gasteiger partial charge on any atom is -0.365 e. The van der Waals surface area contributed by atoms with Crippen molar-refractivity contribution in [2.75, 3.05) is 5.32 Å². The van der Waals surface area contributed by atoms with Gasteiger partial charge in [-0.3, -0.25) is 0 Å². The zero-order chi connectivity index (χ0) is 11.1. The molecule has 6 heteroatoms. The third kappa shape index (κ3) is 1.90. The molecule has 0 bridgehead atoms. The fraction of sp³-hybridized carbons (Fsp3) is 0.300. The van der Waals surface area contributed by atoms with E-state index in [0.717, 1.165) is 12.8 Å². The van der Waals surface area contributed by atoms with Crippen molar-refractivity contribution >= 4 is 40.1 Å². The fourth-order valence-corrected chi connectivity index (χ4v) is 1.77. The highest BCUT2D eigenvalue weighted by atomic mass is 35.5. The lowest BCUT2D eigenvalue weighted by Gasteiger charge is -2.06.